The summed E-state index contributed by atoms with van der Waals surface area (Å²) >= 11 is 0. The van der Waals surface area contributed by atoms with Crippen molar-refractivity contribution in [1.82, 2.24) is 14.3 Å². The van der Waals surface area contributed by atoms with E-state index in [9.17, 15) is 8.42 Å². The van der Waals surface area contributed by atoms with Crippen LogP contribution in [0.15, 0.2) is 47.4 Å². The Morgan fingerprint density at radius 1 is 1.11 bits per heavy atom. The van der Waals surface area contributed by atoms with Crippen molar-refractivity contribution in [2.75, 3.05) is 27.3 Å². The van der Waals surface area contributed by atoms with Crippen molar-refractivity contribution in [3.63, 3.8) is 0 Å². The molecule has 1 unspecified atom stereocenters. The first-order valence-corrected chi connectivity index (χ1v) is 10.6. The summed E-state index contributed by atoms with van der Waals surface area (Å²) < 4.78 is 38.4. The highest BCUT2D eigenvalue weighted by Crippen LogP contribution is 2.33. The third-order valence-electron chi connectivity index (χ3n) is 5.17. The highest BCUT2D eigenvalue weighted by Gasteiger charge is 2.32. The number of para-hydroxylation sites is 2. The number of hydrogen-bond donors (Lipinski definition) is 1. The predicted octanol–water partition coefficient (Wildman–Crippen LogP) is 3.15. The number of nitrogens with one attached hydrogen (secondary N) is 1. The van der Waals surface area contributed by atoms with E-state index in [-0.39, 0.29) is 10.8 Å². The molecule has 148 valence electrons. The van der Waals surface area contributed by atoms with Crippen molar-refractivity contribution in [3.05, 3.63) is 48.3 Å². The molecule has 0 radical (unpaired) electrons. The predicted molar refractivity (Wildman–Crippen MR) is 106 cm³/mol. The minimum atomic E-state index is -3.63. The fourth-order valence-electron chi connectivity index (χ4n) is 3.68. The Morgan fingerprint density at radius 3 is 2.64 bits per heavy atom. The second-order valence-corrected chi connectivity index (χ2v) is 8.80. The van der Waals surface area contributed by atoms with Crippen LogP contribution in [0.5, 0.6) is 11.5 Å². The molecule has 28 heavy (non-hydrogen) atoms. The zero-order valence-corrected chi connectivity index (χ0v) is 16.7. The first-order valence-electron chi connectivity index (χ1n) is 9.20. The normalized spacial score (nSPS) is 18.3. The van der Waals surface area contributed by atoms with Gasteiger partial charge in [0.25, 0.3) is 0 Å². The van der Waals surface area contributed by atoms with E-state index in [1.54, 1.807) is 12.1 Å². The van der Waals surface area contributed by atoms with Crippen LogP contribution in [0.3, 0.4) is 0 Å². The number of nitrogens with zero attached hydrogens (tertiary/aromatic N) is 2. The van der Waals surface area contributed by atoms with Crippen LogP contribution < -0.4 is 9.47 Å². The number of benzene rings is 2. The number of fused-ring (bicyclic) bond motifs is 1. The largest absolute Gasteiger partial charge is 0.493 e. The summed E-state index contributed by atoms with van der Waals surface area (Å²) in [5.74, 6) is 1.78. The van der Waals surface area contributed by atoms with Gasteiger partial charge in [0, 0.05) is 25.1 Å². The van der Waals surface area contributed by atoms with Crippen LogP contribution in [-0.4, -0.2) is 50.0 Å². The smallest absolute Gasteiger partial charge is 0.243 e. The number of H-pyrrole nitrogens is 1. The van der Waals surface area contributed by atoms with Crippen LogP contribution in [0.1, 0.15) is 24.6 Å². The monoisotopic (exact) mass is 401 g/mol. The maximum Gasteiger partial charge on any atom is 0.243 e. The summed E-state index contributed by atoms with van der Waals surface area (Å²) in [6.45, 7) is 0.893. The SMILES string of the molecule is COc1ccc(S(=O)(=O)N2CCCC(c3nc4ccccc4[nH]3)C2)cc1OC. The fraction of sp³-hybridized carbons (Fsp3) is 0.350. The lowest BCUT2D eigenvalue weighted by atomic mass is 9.99. The Balaban J connectivity index is 1.61. The van der Waals surface area contributed by atoms with E-state index in [0.717, 1.165) is 29.7 Å². The molecule has 1 aliphatic heterocycles. The van der Waals surface area contributed by atoms with Crippen molar-refractivity contribution >= 4 is 21.1 Å². The van der Waals surface area contributed by atoms with Gasteiger partial charge in [-0.1, -0.05) is 12.1 Å². The minimum Gasteiger partial charge on any atom is -0.493 e. The van der Waals surface area contributed by atoms with Gasteiger partial charge in [-0.2, -0.15) is 4.31 Å². The molecular weight excluding hydrogens is 378 g/mol. The first kappa shape index (κ1) is 18.8. The van der Waals surface area contributed by atoms with Gasteiger partial charge in [-0.25, -0.2) is 13.4 Å². The van der Waals surface area contributed by atoms with E-state index in [2.05, 4.69) is 9.97 Å². The Kier molecular flexibility index (Phi) is 4.99. The summed E-state index contributed by atoms with van der Waals surface area (Å²) in [4.78, 5) is 8.21. The molecule has 1 aliphatic rings. The number of piperidine rings is 1. The quantitative estimate of drug-likeness (QED) is 0.710. The molecule has 7 nitrogen and oxygen atoms in total. The lowest BCUT2D eigenvalue weighted by Gasteiger charge is -2.31. The fourth-order valence-corrected chi connectivity index (χ4v) is 5.22. The van der Waals surface area contributed by atoms with Gasteiger partial charge in [0.1, 0.15) is 5.82 Å². The number of imidazole rings is 1. The molecule has 0 saturated carbocycles. The van der Waals surface area contributed by atoms with E-state index in [4.69, 9.17) is 9.47 Å². The molecule has 1 saturated heterocycles. The minimum absolute atomic E-state index is 0.0380. The molecule has 0 aliphatic carbocycles. The summed E-state index contributed by atoms with van der Waals surface area (Å²) in [6.07, 6.45) is 1.69. The van der Waals surface area contributed by atoms with Gasteiger partial charge in [0.15, 0.2) is 11.5 Å². The van der Waals surface area contributed by atoms with Crippen molar-refractivity contribution in [1.29, 1.82) is 0 Å². The van der Waals surface area contributed by atoms with E-state index in [0.29, 0.717) is 24.6 Å². The Bertz CT molecular complexity index is 1060. The van der Waals surface area contributed by atoms with Gasteiger partial charge in [-0.05, 0) is 37.1 Å². The topological polar surface area (TPSA) is 84.5 Å². The van der Waals surface area contributed by atoms with Gasteiger partial charge in [-0.15, -0.1) is 0 Å². The van der Waals surface area contributed by atoms with Crippen molar-refractivity contribution in [2.45, 2.75) is 23.7 Å². The molecule has 0 spiro atoms. The number of aromatic amines is 1. The second-order valence-electron chi connectivity index (χ2n) is 6.86. The number of ether oxygens (including phenoxy) is 2. The van der Waals surface area contributed by atoms with E-state index in [1.165, 1.54) is 24.6 Å². The van der Waals surface area contributed by atoms with Gasteiger partial charge < -0.3 is 14.5 Å². The van der Waals surface area contributed by atoms with Crippen molar-refractivity contribution in [2.24, 2.45) is 0 Å². The van der Waals surface area contributed by atoms with Crippen molar-refractivity contribution < 1.29 is 17.9 Å². The van der Waals surface area contributed by atoms with Crippen LogP contribution >= 0.6 is 0 Å². The molecule has 8 heteroatoms. The van der Waals surface area contributed by atoms with E-state index >= 15 is 0 Å². The third kappa shape index (κ3) is 3.33. The van der Waals surface area contributed by atoms with Crippen LogP contribution in [0.25, 0.3) is 11.0 Å². The molecule has 0 amide bonds. The molecule has 1 aromatic heterocycles. The highest BCUT2D eigenvalue weighted by atomic mass is 32.2. The van der Waals surface area contributed by atoms with Gasteiger partial charge in [0.2, 0.25) is 10.0 Å². The van der Waals surface area contributed by atoms with Crippen LogP contribution in [0.4, 0.5) is 0 Å². The summed E-state index contributed by atoms with van der Waals surface area (Å²) in [7, 11) is -0.619. The lowest BCUT2D eigenvalue weighted by Crippen LogP contribution is -2.39. The average molecular weight is 401 g/mol. The zero-order valence-electron chi connectivity index (χ0n) is 15.9. The third-order valence-corrected chi connectivity index (χ3v) is 7.03. The lowest BCUT2D eigenvalue weighted by molar-refractivity contribution is 0.310. The number of aromatic nitrogens is 2. The summed E-state index contributed by atoms with van der Waals surface area (Å²) in [5, 5.41) is 0. The standard InChI is InChI=1S/C20H23N3O4S/c1-26-18-10-9-15(12-19(18)27-2)28(24,25)23-11-5-6-14(13-23)20-21-16-7-3-4-8-17(16)22-20/h3-4,7-10,12,14H,5-6,11,13H2,1-2H3,(H,21,22). The van der Waals surface area contributed by atoms with Gasteiger partial charge >= 0.3 is 0 Å². The Labute approximate surface area is 164 Å². The highest BCUT2D eigenvalue weighted by molar-refractivity contribution is 7.89. The van der Waals surface area contributed by atoms with Crippen molar-refractivity contribution in [3.8, 4) is 11.5 Å². The molecule has 1 atom stereocenters. The molecule has 1 fully saturated rings. The number of rotatable bonds is 5. The summed E-state index contributed by atoms with van der Waals surface area (Å²) in [5.41, 5.74) is 1.87. The maximum absolute atomic E-state index is 13.2. The molecule has 2 aromatic carbocycles. The molecule has 2 heterocycles. The second kappa shape index (κ2) is 7.44. The first-order chi connectivity index (χ1) is 13.5. The number of sulfonamides is 1. The molecular formula is C20H23N3O4S. The molecule has 1 N–H and O–H groups in total. The number of methoxy groups -OCH3 is 2. The molecule has 3 aromatic rings. The Morgan fingerprint density at radius 2 is 1.89 bits per heavy atom. The molecule has 0 bridgehead atoms. The van der Waals surface area contributed by atoms with Gasteiger partial charge in [-0.3, -0.25) is 0 Å². The zero-order chi connectivity index (χ0) is 19.7. The summed E-state index contributed by atoms with van der Waals surface area (Å²) in [6, 6.07) is 12.5. The number of hydrogen-bond acceptors (Lipinski definition) is 5. The maximum atomic E-state index is 13.2. The average Bonchev–Trinajstić information content (AvgIpc) is 3.17. The van der Waals surface area contributed by atoms with Crippen LogP contribution in [0.2, 0.25) is 0 Å². The molecule has 4 rings (SSSR count). The van der Waals surface area contributed by atoms with Gasteiger partial charge in [0.05, 0.1) is 30.1 Å². The van der Waals surface area contributed by atoms with Crippen LogP contribution in [0, 0.1) is 0 Å². The van der Waals surface area contributed by atoms with Crippen LogP contribution in [-0.2, 0) is 10.0 Å². The van der Waals surface area contributed by atoms with E-state index < -0.39 is 10.0 Å². The Hall–Kier alpha value is -2.58. The van der Waals surface area contributed by atoms with E-state index in [1.807, 2.05) is 24.3 Å².